The van der Waals surface area contributed by atoms with Gasteiger partial charge in [0.05, 0.1) is 4.92 Å². The van der Waals surface area contributed by atoms with Crippen LogP contribution in [0.5, 0.6) is 0 Å². The number of pyridine rings is 1. The molecular weight excluding hydrogens is 254 g/mol. The van der Waals surface area contributed by atoms with Gasteiger partial charge in [-0.25, -0.2) is 0 Å². The third-order valence-electron chi connectivity index (χ3n) is 3.04. The van der Waals surface area contributed by atoms with Gasteiger partial charge >= 0.3 is 0 Å². The molecule has 0 amide bonds. The van der Waals surface area contributed by atoms with Gasteiger partial charge in [0.15, 0.2) is 0 Å². The Bertz CT molecular complexity index is 585. The van der Waals surface area contributed by atoms with E-state index in [0.29, 0.717) is 5.69 Å². The van der Waals surface area contributed by atoms with Crippen LogP contribution in [0.1, 0.15) is 19.8 Å². The van der Waals surface area contributed by atoms with E-state index in [1.54, 1.807) is 24.5 Å². The Hall–Kier alpha value is -2.43. The molecule has 1 aromatic heterocycles. The first kappa shape index (κ1) is 14.0. The molecule has 20 heavy (non-hydrogen) atoms. The summed E-state index contributed by atoms with van der Waals surface area (Å²) in [5, 5.41) is 14.3. The van der Waals surface area contributed by atoms with E-state index in [2.05, 4.69) is 17.2 Å². The van der Waals surface area contributed by atoms with E-state index in [1.165, 1.54) is 0 Å². The molecule has 0 atom stereocenters. The minimum absolute atomic E-state index is 0.0995. The Morgan fingerprint density at radius 1 is 1.30 bits per heavy atom. The van der Waals surface area contributed by atoms with Crippen LogP contribution < -0.4 is 5.32 Å². The van der Waals surface area contributed by atoms with Crippen molar-refractivity contribution in [1.82, 2.24) is 4.98 Å². The lowest BCUT2D eigenvalue weighted by molar-refractivity contribution is -0.383. The van der Waals surface area contributed by atoms with Crippen LogP contribution in [-0.4, -0.2) is 16.5 Å². The van der Waals surface area contributed by atoms with Crippen molar-refractivity contribution in [2.45, 2.75) is 19.8 Å². The average Bonchev–Trinajstić information content (AvgIpc) is 2.48. The first-order valence-electron chi connectivity index (χ1n) is 6.65. The van der Waals surface area contributed by atoms with Crippen LogP contribution in [-0.2, 0) is 0 Å². The van der Waals surface area contributed by atoms with Crippen LogP contribution in [0, 0.1) is 10.1 Å². The van der Waals surface area contributed by atoms with Crippen LogP contribution in [0.4, 0.5) is 11.4 Å². The predicted octanol–water partition coefficient (Wildman–Crippen LogP) is 3.87. The molecule has 0 spiro atoms. The fourth-order valence-electron chi connectivity index (χ4n) is 1.95. The largest absolute Gasteiger partial charge is 0.379 e. The summed E-state index contributed by atoms with van der Waals surface area (Å²) in [5.74, 6) is 0. The van der Waals surface area contributed by atoms with E-state index < -0.39 is 0 Å². The minimum Gasteiger partial charge on any atom is -0.379 e. The molecule has 1 heterocycles. The van der Waals surface area contributed by atoms with Gasteiger partial charge in [-0.3, -0.25) is 15.1 Å². The lowest BCUT2D eigenvalue weighted by Crippen LogP contribution is -2.04. The topological polar surface area (TPSA) is 68.1 Å². The number of nitrogens with zero attached hydrogens (tertiary/aromatic N) is 2. The molecule has 1 N–H and O–H groups in total. The second-order valence-corrected chi connectivity index (χ2v) is 4.51. The Balaban J connectivity index is 2.30. The maximum atomic E-state index is 11.2. The first-order chi connectivity index (χ1) is 9.72. The van der Waals surface area contributed by atoms with Crippen LogP contribution >= 0.6 is 0 Å². The number of benzene rings is 1. The number of nitro benzene ring substituents is 1. The number of nitro groups is 1. The van der Waals surface area contributed by atoms with E-state index in [-0.39, 0.29) is 10.6 Å². The summed E-state index contributed by atoms with van der Waals surface area (Å²) in [5.41, 5.74) is 2.33. The third kappa shape index (κ3) is 3.32. The monoisotopic (exact) mass is 271 g/mol. The van der Waals surface area contributed by atoms with Crippen molar-refractivity contribution in [2.24, 2.45) is 0 Å². The van der Waals surface area contributed by atoms with Crippen molar-refractivity contribution in [3.8, 4) is 11.1 Å². The van der Waals surface area contributed by atoms with Crippen molar-refractivity contribution < 1.29 is 4.92 Å². The van der Waals surface area contributed by atoms with Gasteiger partial charge in [0.25, 0.3) is 5.69 Å². The SMILES string of the molecule is CCCCNc1ccc(-c2cccnc2)cc1[N+](=O)[O-]. The van der Waals surface area contributed by atoms with Gasteiger partial charge < -0.3 is 5.32 Å². The van der Waals surface area contributed by atoms with Crippen molar-refractivity contribution in [3.63, 3.8) is 0 Å². The van der Waals surface area contributed by atoms with Crippen molar-refractivity contribution in [2.75, 3.05) is 11.9 Å². The van der Waals surface area contributed by atoms with Gasteiger partial charge in [-0.2, -0.15) is 0 Å². The molecular formula is C15H17N3O2. The molecule has 0 fully saturated rings. The van der Waals surface area contributed by atoms with Gasteiger partial charge in [0, 0.05) is 30.6 Å². The number of hydrogen-bond donors (Lipinski definition) is 1. The molecule has 2 rings (SSSR count). The lowest BCUT2D eigenvalue weighted by atomic mass is 10.1. The standard InChI is InChI=1S/C15H17N3O2/c1-2-3-9-17-14-7-6-12(10-15(14)18(19)20)13-5-4-8-16-11-13/h4-8,10-11,17H,2-3,9H2,1H3. The molecule has 104 valence electrons. The molecule has 5 nitrogen and oxygen atoms in total. The van der Waals surface area contributed by atoms with Crippen LogP contribution in [0.25, 0.3) is 11.1 Å². The zero-order valence-corrected chi connectivity index (χ0v) is 11.4. The zero-order chi connectivity index (χ0) is 14.4. The van der Waals surface area contributed by atoms with Crippen LogP contribution in [0.2, 0.25) is 0 Å². The highest BCUT2D eigenvalue weighted by Gasteiger charge is 2.14. The van der Waals surface area contributed by atoms with Crippen molar-refractivity contribution >= 4 is 11.4 Å². The molecule has 0 aliphatic heterocycles. The first-order valence-corrected chi connectivity index (χ1v) is 6.65. The third-order valence-corrected chi connectivity index (χ3v) is 3.04. The molecule has 0 radical (unpaired) electrons. The predicted molar refractivity (Wildman–Crippen MR) is 79.7 cm³/mol. The fraction of sp³-hybridized carbons (Fsp3) is 0.267. The fourth-order valence-corrected chi connectivity index (χ4v) is 1.95. The molecule has 0 aliphatic rings. The van der Waals surface area contributed by atoms with Gasteiger partial charge in [0.2, 0.25) is 0 Å². The van der Waals surface area contributed by atoms with Gasteiger partial charge in [-0.05, 0) is 24.1 Å². The molecule has 1 aromatic carbocycles. The summed E-state index contributed by atoms with van der Waals surface area (Å²) in [6.45, 7) is 2.82. The Kier molecular flexibility index (Phi) is 4.65. The molecule has 0 bridgehead atoms. The molecule has 0 aliphatic carbocycles. The summed E-state index contributed by atoms with van der Waals surface area (Å²) in [6.07, 6.45) is 5.41. The second-order valence-electron chi connectivity index (χ2n) is 4.51. The Morgan fingerprint density at radius 3 is 2.80 bits per heavy atom. The number of aromatic nitrogens is 1. The zero-order valence-electron chi connectivity index (χ0n) is 11.4. The normalized spacial score (nSPS) is 10.2. The number of anilines is 1. The Morgan fingerprint density at radius 2 is 2.15 bits per heavy atom. The van der Waals surface area contributed by atoms with E-state index >= 15 is 0 Å². The van der Waals surface area contributed by atoms with Crippen molar-refractivity contribution in [1.29, 1.82) is 0 Å². The smallest absolute Gasteiger partial charge is 0.292 e. The summed E-state index contributed by atoms with van der Waals surface area (Å²) < 4.78 is 0. The molecule has 0 saturated heterocycles. The van der Waals surface area contributed by atoms with E-state index in [0.717, 1.165) is 30.5 Å². The maximum absolute atomic E-state index is 11.2. The van der Waals surface area contributed by atoms with Gasteiger partial charge in [0.1, 0.15) is 5.69 Å². The quantitative estimate of drug-likeness (QED) is 0.492. The Labute approximate surface area is 117 Å². The molecule has 2 aromatic rings. The van der Waals surface area contributed by atoms with Crippen LogP contribution in [0.3, 0.4) is 0 Å². The van der Waals surface area contributed by atoms with Crippen molar-refractivity contribution in [3.05, 3.63) is 52.8 Å². The average molecular weight is 271 g/mol. The summed E-state index contributed by atoms with van der Waals surface area (Å²) in [4.78, 5) is 14.9. The van der Waals surface area contributed by atoms with Crippen LogP contribution in [0.15, 0.2) is 42.7 Å². The number of hydrogen-bond acceptors (Lipinski definition) is 4. The number of nitrogens with one attached hydrogen (secondary N) is 1. The van der Waals surface area contributed by atoms with E-state index in [4.69, 9.17) is 0 Å². The van der Waals surface area contributed by atoms with E-state index in [1.807, 2.05) is 18.2 Å². The number of rotatable bonds is 6. The molecule has 0 unspecified atom stereocenters. The second kappa shape index (κ2) is 6.65. The lowest BCUT2D eigenvalue weighted by Gasteiger charge is -2.08. The van der Waals surface area contributed by atoms with Gasteiger partial charge in [-0.15, -0.1) is 0 Å². The van der Waals surface area contributed by atoms with E-state index in [9.17, 15) is 10.1 Å². The molecule has 0 saturated carbocycles. The summed E-state index contributed by atoms with van der Waals surface area (Å²) in [6, 6.07) is 8.92. The summed E-state index contributed by atoms with van der Waals surface area (Å²) in [7, 11) is 0. The highest BCUT2D eigenvalue weighted by Crippen LogP contribution is 2.30. The van der Waals surface area contributed by atoms with Gasteiger partial charge in [-0.1, -0.05) is 25.5 Å². The molecule has 5 heteroatoms. The number of unbranched alkanes of at least 4 members (excludes halogenated alkanes) is 1. The highest BCUT2D eigenvalue weighted by molar-refractivity contribution is 5.73. The highest BCUT2D eigenvalue weighted by atomic mass is 16.6. The minimum atomic E-state index is -0.353. The summed E-state index contributed by atoms with van der Waals surface area (Å²) >= 11 is 0. The maximum Gasteiger partial charge on any atom is 0.292 e.